The molecule has 0 fully saturated rings. The van der Waals surface area contributed by atoms with Crippen LogP contribution in [0.15, 0.2) is 58.1 Å². The van der Waals surface area contributed by atoms with E-state index in [0.717, 1.165) is 23.5 Å². The number of nitrogens with zero attached hydrogens (tertiary/aromatic N) is 2. The lowest BCUT2D eigenvalue weighted by Crippen LogP contribution is -2.30. The summed E-state index contributed by atoms with van der Waals surface area (Å²) in [6.07, 6.45) is 2.21. The molecule has 0 saturated carbocycles. The number of anilines is 1. The molecule has 0 spiro atoms. The number of aliphatic imine (C=N–C) groups is 1. The minimum atomic E-state index is -0.293. The van der Waals surface area contributed by atoms with Gasteiger partial charge in [0.25, 0.3) is 0 Å². The fourth-order valence-corrected chi connectivity index (χ4v) is 2.90. The number of benzene rings is 2. The van der Waals surface area contributed by atoms with Gasteiger partial charge in [0, 0.05) is 36.8 Å². The highest BCUT2D eigenvalue weighted by Crippen LogP contribution is 2.30. The van der Waals surface area contributed by atoms with Gasteiger partial charge < -0.3 is 24.5 Å². The number of hydrogen-bond donors (Lipinski definition) is 2. The fraction of sp³-hybridized carbons (Fsp3) is 0.304. The monoisotopic (exact) mass is 426 g/mol. The second kappa shape index (κ2) is 11.0. The molecule has 0 aliphatic heterocycles. The molecule has 7 nitrogen and oxygen atoms in total. The molecule has 0 aliphatic rings. The molecule has 2 N–H and O–H groups in total. The number of rotatable bonds is 9. The number of halogens is 1. The maximum absolute atomic E-state index is 13.1. The predicted molar refractivity (Wildman–Crippen MR) is 119 cm³/mol. The third kappa shape index (κ3) is 6.21. The van der Waals surface area contributed by atoms with E-state index >= 15 is 0 Å². The quantitative estimate of drug-likeness (QED) is 0.387. The van der Waals surface area contributed by atoms with Crippen molar-refractivity contribution in [2.45, 2.75) is 20.3 Å². The van der Waals surface area contributed by atoms with E-state index in [0.29, 0.717) is 42.9 Å². The third-order valence-electron chi connectivity index (χ3n) is 4.35. The lowest BCUT2D eigenvalue weighted by atomic mass is 10.2. The maximum atomic E-state index is 13.1. The molecular weight excluding hydrogens is 399 g/mol. The van der Waals surface area contributed by atoms with Gasteiger partial charge in [0.1, 0.15) is 12.1 Å². The molecule has 0 bridgehead atoms. The number of hydrogen-bond acceptors (Lipinski definition) is 5. The zero-order valence-corrected chi connectivity index (χ0v) is 17.9. The Hall–Kier alpha value is -3.55. The first-order valence-corrected chi connectivity index (χ1v) is 10.2. The second-order valence-corrected chi connectivity index (χ2v) is 6.59. The van der Waals surface area contributed by atoms with Crippen LogP contribution < -0.4 is 20.1 Å². The van der Waals surface area contributed by atoms with Crippen LogP contribution in [0.4, 0.5) is 10.1 Å². The molecule has 1 aromatic heterocycles. The van der Waals surface area contributed by atoms with E-state index in [2.05, 4.69) is 20.6 Å². The molecule has 8 heteroatoms. The highest BCUT2D eigenvalue weighted by molar-refractivity contribution is 5.93. The molecule has 31 heavy (non-hydrogen) atoms. The van der Waals surface area contributed by atoms with Crippen molar-refractivity contribution >= 4 is 11.6 Å². The molecule has 2 aromatic carbocycles. The Balaban J connectivity index is 1.64. The molecule has 3 rings (SSSR count). The normalized spacial score (nSPS) is 11.3. The van der Waals surface area contributed by atoms with Gasteiger partial charge in [0.05, 0.1) is 19.4 Å². The van der Waals surface area contributed by atoms with Crippen molar-refractivity contribution in [3.8, 4) is 23.0 Å². The molecule has 0 aliphatic carbocycles. The number of ether oxygens (including phenoxy) is 2. The van der Waals surface area contributed by atoms with E-state index in [-0.39, 0.29) is 5.82 Å². The van der Waals surface area contributed by atoms with Gasteiger partial charge in [-0.05, 0) is 50.2 Å². The van der Waals surface area contributed by atoms with Crippen molar-refractivity contribution in [1.29, 1.82) is 0 Å². The van der Waals surface area contributed by atoms with E-state index in [1.165, 1.54) is 12.1 Å². The molecule has 1 heterocycles. The summed E-state index contributed by atoms with van der Waals surface area (Å²) in [7, 11) is 1.61. The molecule has 0 atom stereocenters. The average molecular weight is 426 g/mol. The molecule has 3 aromatic rings. The summed E-state index contributed by atoms with van der Waals surface area (Å²) in [4.78, 5) is 9.07. The molecule has 0 radical (unpaired) electrons. The first-order chi connectivity index (χ1) is 15.1. The van der Waals surface area contributed by atoms with Crippen molar-refractivity contribution in [2.75, 3.05) is 32.1 Å². The number of oxazole rings is 1. The Morgan fingerprint density at radius 2 is 1.94 bits per heavy atom. The van der Waals surface area contributed by atoms with Crippen LogP contribution in [0.5, 0.6) is 11.5 Å². The van der Waals surface area contributed by atoms with Gasteiger partial charge in [-0.25, -0.2) is 9.37 Å². The first-order valence-electron chi connectivity index (χ1n) is 10.2. The van der Waals surface area contributed by atoms with Crippen LogP contribution in [0.3, 0.4) is 0 Å². The van der Waals surface area contributed by atoms with Gasteiger partial charge >= 0.3 is 0 Å². The van der Waals surface area contributed by atoms with Gasteiger partial charge in [0.2, 0.25) is 5.89 Å². The molecular formula is C23H27FN4O3. The summed E-state index contributed by atoms with van der Waals surface area (Å²) in [5.74, 6) is 2.17. The maximum Gasteiger partial charge on any atom is 0.226 e. The summed E-state index contributed by atoms with van der Waals surface area (Å²) in [5.41, 5.74) is 2.35. The number of methoxy groups -OCH3 is 1. The van der Waals surface area contributed by atoms with Crippen molar-refractivity contribution in [1.82, 2.24) is 10.3 Å². The molecule has 0 saturated heterocycles. The average Bonchev–Trinajstić information content (AvgIpc) is 3.24. The van der Waals surface area contributed by atoms with Crippen molar-refractivity contribution in [3.05, 3.63) is 60.2 Å². The Kier molecular flexibility index (Phi) is 7.86. The van der Waals surface area contributed by atoms with Crippen LogP contribution >= 0.6 is 0 Å². The Morgan fingerprint density at radius 1 is 1.13 bits per heavy atom. The van der Waals surface area contributed by atoms with Crippen molar-refractivity contribution in [2.24, 2.45) is 4.99 Å². The highest BCUT2D eigenvalue weighted by Gasteiger charge is 2.09. The lowest BCUT2D eigenvalue weighted by Gasteiger charge is -2.14. The SMILES string of the molecule is CCNC(=NCCc1coc(-c2ccc(F)cc2)n1)Nc1ccc(OC)c(OCC)c1. The highest BCUT2D eigenvalue weighted by atomic mass is 19.1. The predicted octanol–water partition coefficient (Wildman–Crippen LogP) is 4.51. The van der Waals surface area contributed by atoms with Crippen LogP contribution in [-0.4, -0.2) is 37.7 Å². The second-order valence-electron chi connectivity index (χ2n) is 6.59. The van der Waals surface area contributed by atoms with Crippen molar-refractivity contribution in [3.63, 3.8) is 0 Å². The molecule has 0 amide bonds. The number of aromatic nitrogens is 1. The van der Waals surface area contributed by atoms with Crippen LogP contribution in [-0.2, 0) is 6.42 Å². The van der Waals surface area contributed by atoms with Gasteiger partial charge in [-0.15, -0.1) is 0 Å². The summed E-state index contributed by atoms with van der Waals surface area (Å²) < 4.78 is 29.5. The zero-order chi connectivity index (χ0) is 22.1. The minimum Gasteiger partial charge on any atom is -0.493 e. The number of nitrogens with one attached hydrogen (secondary N) is 2. The smallest absolute Gasteiger partial charge is 0.226 e. The molecule has 0 unspecified atom stereocenters. The van der Waals surface area contributed by atoms with Gasteiger partial charge in [-0.2, -0.15) is 0 Å². The van der Waals surface area contributed by atoms with E-state index in [4.69, 9.17) is 13.9 Å². The summed E-state index contributed by atoms with van der Waals surface area (Å²) in [6.45, 7) is 5.71. The Labute approximate surface area is 181 Å². The summed E-state index contributed by atoms with van der Waals surface area (Å²) in [5, 5.41) is 6.50. The number of guanidine groups is 1. The standard InChI is InChI=1S/C23H27FN4O3/c1-4-25-23(28-18-10-11-20(29-3)21(14-18)30-5-2)26-13-12-19-15-31-22(27-19)16-6-8-17(24)9-7-16/h6-11,14-15H,4-5,12-13H2,1-3H3,(H2,25,26,28). The van der Waals surface area contributed by atoms with E-state index in [1.807, 2.05) is 32.0 Å². The van der Waals surface area contributed by atoms with Gasteiger partial charge in [-0.1, -0.05) is 0 Å². The van der Waals surface area contributed by atoms with E-state index in [1.54, 1.807) is 25.5 Å². The van der Waals surface area contributed by atoms with Crippen LogP contribution in [0.25, 0.3) is 11.5 Å². The van der Waals surface area contributed by atoms with Gasteiger partial charge in [0.15, 0.2) is 17.5 Å². The topological polar surface area (TPSA) is 80.9 Å². The van der Waals surface area contributed by atoms with Crippen LogP contribution in [0.1, 0.15) is 19.5 Å². The Bertz CT molecular complexity index is 1000. The van der Waals surface area contributed by atoms with E-state index < -0.39 is 0 Å². The largest absolute Gasteiger partial charge is 0.493 e. The van der Waals surface area contributed by atoms with Crippen molar-refractivity contribution < 1.29 is 18.3 Å². The lowest BCUT2D eigenvalue weighted by molar-refractivity contribution is 0.311. The summed E-state index contributed by atoms with van der Waals surface area (Å²) >= 11 is 0. The molecule has 164 valence electrons. The third-order valence-corrected chi connectivity index (χ3v) is 4.35. The Morgan fingerprint density at radius 3 is 2.65 bits per heavy atom. The minimum absolute atomic E-state index is 0.293. The van der Waals surface area contributed by atoms with Gasteiger partial charge in [-0.3, -0.25) is 4.99 Å². The van der Waals surface area contributed by atoms with Crippen LogP contribution in [0.2, 0.25) is 0 Å². The summed E-state index contributed by atoms with van der Waals surface area (Å²) in [6, 6.07) is 11.7. The fourth-order valence-electron chi connectivity index (χ4n) is 2.90. The zero-order valence-electron chi connectivity index (χ0n) is 17.9. The van der Waals surface area contributed by atoms with E-state index in [9.17, 15) is 4.39 Å². The van der Waals surface area contributed by atoms with Crippen LogP contribution in [0, 0.1) is 5.82 Å². The first kappa shape index (κ1) is 22.1.